The van der Waals surface area contributed by atoms with Crippen LogP contribution in [0.15, 0.2) is 42.5 Å². The number of quaternary nitrogens is 1. The van der Waals surface area contributed by atoms with Gasteiger partial charge in [0.15, 0.2) is 6.04 Å². The highest BCUT2D eigenvalue weighted by atomic mass is 19.1. The summed E-state index contributed by atoms with van der Waals surface area (Å²) in [5.74, 6) is -1.68. The second-order valence-corrected chi connectivity index (χ2v) is 5.94. The lowest BCUT2D eigenvalue weighted by atomic mass is 9.99. The summed E-state index contributed by atoms with van der Waals surface area (Å²) < 4.78 is 26.6. The van der Waals surface area contributed by atoms with Gasteiger partial charge in [0.05, 0.1) is 12.2 Å². The monoisotopic (exact) mass is 317 g/mol. The number of rotatable bonds is 3. The SMILES string of the molecule is C[C@@H](C(=O)Nc1ccc(F)cc1F)[NH+]1CCc2ccccc2C1. The molecule has 23 heavy (non-hydrogen) atoms. The van der Waals surface area contributed by atoms with Crippen LogP contribution in [0.3, 0.4) is 0 Å². The maximum atomic E-state index is 13.7. The molecule has 2 aromatic carbocycles. The van der Waals surface area contributed by atoms with Crippen LogP contribution in [0, 0.1) is 11.6 Å². The van der Waals surface area contributed by atoms with Gasteiger partial charge in [0.2, 0.25) is 0 Å². The van der Waals surface area contributed by atoms with Crippen molar-refractivity contribution in [1.29, 1.82) is 0 Å². The summed E-state index contributed by atoms with van der Waals surface area (Å²) in [4.78, 5) is 13.5. The maximum absolute atomic E-state index is 13.7. The van der Waals surface area contributed by atoms with Gasteiger partial charge in [-0.2, -0.15) is 0 Å². The number of nitrogens with one attached hydrogen (secondary N) is 2. The average molecular weight is 317 g/mol. The lowest BCUT2D eigenvalue weighted by Gasteiger charge is -2.30. The maximum Gasteiger partial charge on any atom is 0.282 e. The summed E-state index contributed by atoms with van der Waals surface area (Å²) in [5, 5.41) is 2.56. The molecule has 0 aromatic heterocycles. The van der Waals surface area contributed by atoms with Gasteiger partial charge in [-0.15, -0.1) is 0 Å². The summed E-state index contributed by atoms with van der Waals surface area (Å²) in [6, 6.07) is 11.1. The first-order valence-electron chi connectivity index (χ1n) is 7.72. The molecule has 3 nitrogen and oxygen atoms in total. The number of amides is 1. The van der Waals surface area contributed by atoms with E-state index < -0.39 is 11.6 Å². The molecule has 0 radical (unpaired) electrons. The predicted molar refractivity (Wildman–Crippen MR) is 84.1 cm³/mol. The lowest BCUT2D eigenvalue weighted by Crippen LogP contribution is -3.16. The van der Waals surface area contributed by atoms with E-state index in [1.165, 1.54) is 17.2 Å². The first kappa shape index (κ1) is 15.6. The van der Waals surface area contributed by atoms with Crippen LogP contribution < -0.4 is 10.2 Å². The first-order valence-corrected chi connectivity index (χ1v) is 7.72. The second kappa shape index (κ2) is 6.46. The number of anilines is 1. The molecule has 0 saturated heterocycles. The molecule has 3 rings (SSSR count). The third-order valence-corrected chi connectivity index (χ3v) is 4.45. The van der Waals surface area contributed by atoms with E-state index in [-0.39, 0.29) is 17.6 Å². The van der Waals surface area contributed by atoms with Crippen molar-refractivity contribution in [1.82, 2.24) is 0 Å². The van der Waals surface area contributed by atoms with Gasteiger partial charge in [0.1, 0.15) is 18.2 Å². The third kappa shape index (κ3) is 3.40. The zero-order valence-corrected chi connectivity index (χ0v) is 12.9. The molecule has 0 spiro atoms. The summed E-state index contributed by atoms with van der Waals surface area (Å²) in [5.41, 5.74) is 2.59. The zero-order chi connectivity index (χ0) is 16.4. The Kier molecular flexibility index (Phi) is 4.39. The highest BCUT2D eigenvalue weighted by molar-refractivity contribution is 5.93. The predicted octanol–water partition coefficient (Wildman–Crippen LogP) is 1.93. The molecule has 2 atom stereocenters. The topological polar surface area (TPSA) is 33.5 Å². The van der Waals surface area contributed by atoms with Crippen molar-refractivity contribution in [2.75, 3.05) is 11.9 Å². The van der Waals surface area contributed by atoms with Crippen LogP contribution >= 0.6 is 0 Å². The van der Waals surface area contributed by atoms with Gasteiger partial charge in [-0.25, -0.2) is 8.78 Å². The fraction of sp³-hybridized carbons (Fsp3) is 0.278. The highest BCUT2D eigenvalue weighted by Gasteiger charge is 2.29. The summed E-state index contributed by atoms with van der Waals surface area (Å²) in [6.45, 7) is 3.47. The number of benzene rings is 2. The highest BCUT2D eigenvalue weighted by Crippen LogP contribution is 2.15. The number of hydrogen-bond acceptors (Lipinski definition) is 1. The van der Waals surface area contributed by atoms with E-state index in [9.17, 15) is 13.6 Å². The quantitative estimate of drug-likeness (QED) is 0.891. The van der Waals surface area contributed by atoms with E-state index in [0.717, 1.165) is 36.5 Å². The number of fused-ring (bicyclic) bond motifs is 1. The van der Waals surface area contributed by atoms with E-state index in [4.69, 9.17) is 0 Å². The fourth-order valence-corrected chi connectivity index (χ4v) is 2.99. The van der Waals surface area contributed by atoms with E-state index >= 15 is 0 Å². The van der Waals surface area contributed by atoms with E-state index in [1.807, 2.05) is 19.1 Å². The molecular weight excluding hydrogens is 298 g/mol. The van der Waals surface area contributed by atoms with Gasteiger partial charge in [0, 0.05) is 18.1 Å². The van der Waals surface area contributed by atoms with Crippen molar-refractivity contribution in [3.8, 4) is 0 Å². The Morgan fingerprint density at radius 2 is 1.91 bits per heavy atom. The van der Waals surface area contributed by atoms with Crippen LogP contribution in [0.1, 0.15) is 18.1 Å². The molecule has 2 N–H and O–H groups in total. The molecule has 5 heteroatoms. The molecule has 1 amide bonds. The number of carbonyl (C=O) groups excluding carboxylic acids is 1. The molecule has 120 valence electrons. The van der Waals surface area contributed by atoms with Gasteiger partial charge >= 0.3 is 0 Å². The van der Waals surface area contributed by atoms with Crippen molar-refractivity contribution >= 4 is 11.6 Å². The Labute approximate surface area is 133 Å². The van der Waals surface area contributed by atoms with Crippen LogP contribution in [0.2, 0.25) is 0 Å². The van der Waals surface area contributed by atoms with Crippen LogP contribution in [-0.2, 0) is 17.8 Å². The van der Waals surface area contributed by atoms with Gasteiger partial charge in [0.25, 0.3) is 5.91 Å². The second-order valence-electron chi connectivity index (χ2n) is 5.94. The first-order chi connectivity index (χ1) is 11.0. The van der Waals surface area contributed by atoms with E-state index in [1.54, 1.807) is 0 Å². The Morgan fingerprint density at radius 3 is 2.65 bits per heavy atom. The molecule has 0 fully saturated rings. The van der Waals surface area contributed by atoms with Crippen LogP contribution in [-0.4, -0.2) is 18.5 Å². The standard InChI is InChI=1S/C18H18F2N2O/c1-12(18(23)21-17-7-6-15(19)10-16(17)20)22-9-8-13-4-2-3-5-14(13)11-22/h2-7,10,12H,8-9,11H2,1H3,(H,21,23)/p+1/t12-/m0/s1. The number of hydrogen-bond donors (Lipinski definition) is 2. The molecule has 0 bridgehead atoms. The lowest BCUT2D eigenvalue weighted by molar-refractivity contribution is -0.929. The number of carbonyl (C=O) groups is 1. The van der Waals surface area contributed by atoms with Crippen molar-refractivity contribution in [3.05, 3.63) is 65.2 Å². The molecule has 1 unspecified atom stereocenters. The van der Waals surface area contributed by atoms with Gasteiger partial charge in [-0.1, -0.05) is 24.3 Å². The summed E-state index contributed by atoms with van der Waals surface area (Å²) in [7, 11) is 0. The van der Waals surface area contributed by atoms with E-state index in [2.05, 4.69) is 17.4 Å². The Bertz CT molecular complexity index is 733. The fourth-order valence-electron chi connectivity index (χ4n) is 2.99. The summed E-state index contributed by atoms with van der Waals surface area (Å²) >= 11 is 0. The summed E-state index contributed by atoms with van der Waals surface area (Å²) in [6.07, 6.45) is 0.925. The molecule has 0 aliphatic carbocycles. The van der Waals surface area contributed by atoms with Crippen molar-refractivity contribution < 1.29 is 18.5 Å². The minimum absolute atomic E-state index is 0.0139. The van der Waals surface area contributed by atoms with Crippen LogP contribution in [0.4, 0.5) is 14.5 Å². The largest absolute Gasteiger partial charge is 0.321 e. The zero-order valence-electron chi connectivity index (χ0n) is 12.9. The minimum atomic E-state index is -0.760. The van der Waals surface area contributed by atoms with Gasteiger partial charge in [-0.05, 0) is 24.6 Å². The molecule has 1 aliphatic heterocycles. The van der Waals surface area contributed by atoms with Crippen molar-refractivity contribution in [2.24, 2.45) is 0 Å². The Balaban J connectivity index is 1.68. The number of halogens is 2. The smallest absolute Gasteiger partial charge is 0.282 e. The van der Waals surface area contributed by atoms with Gasteiger partial charge in [-0.3, -0.25) is 4.79 Å². The van der Waals surface area contributed by atoms with E-state index in [0.29, 0.717) is 0 Å². The minimum Gasteiger partial charge on any atom is -0.321 e. The van der Waals surface area contributed by atoms with Gasteiger partial charge < -0.3 is 10.2 Å². The molecule has 1 heterocycles. The van der Waals surface area contributed by atoms with Crippen LogP contribution in [0.5, 0.6) is 0 Å². The molecule has 2 aromatic rings. The molecule has 1 aliphatic rings. The normalized spacial score (nSPS) is 18.1. The Morgan fingerprint density at radius 1 is 1.17 bits per heavy atom. The third-order valence-electron chi connectivity index (χ3n) is 4.45. The van der Waals surface area contributed by atoms with Crippen molar-refractivity contribution in [2.45, 2.75) is 25.9 Å². The molecular formula is C18H19F2N2O+. The van der Waals surface area contributed by atoms with Crippen LogP contribution in [0.25, 0.3) is 0 Å². The molecule has 0 saturated carbocycles. The average Bonchev–Trinajstić information content (AvgIpc) is 2.56. The van der Waals surface area contributed by atoms with Crippen molar-refractivity contribution in [3.63, 3.8) is 0 Å². The Hall–Kier alpha value is -2.27.